The molecular weight excluding hydrogens is 320 g/mol. The summed E-state index contributed by atoms with van der Waals surface area (Å²) in [6, 6.07) is 0. The van der Waals surface area contributed by atoms with Gasteiger partial charge in [-0.1, -0.05) is 12.2 Å². The fourth-order valence-electron chi connectivity index (χ4n) is 2.85. The zero-order chi connectivity index (χ0) is 16.1. The van der Waals surface area contributed by atoms with E-state index in [1.165, 1.54) is 12.2 Å². The highest BCUT2D eigenvalue weighted by Gasteiger charge is 2.57. The number of carbonyl (C=O) groups excluding carboxylic acids is 2. The lowest BCUT2D eigenvalue weighted by molar-refractivity contribution is -0.144. The Bertz CT molecular complexity index is 697. The third-order valence-electron chi connectivity index (χ3n) is 3.85. The minimum Gasteiger partial charge on any atom is -0.369 e. The van der Waals surface area contributed by atoms with Crippen LogP contribution in [0, 0.1) is 17.3 Å². The lowest BCUT2D eigenvalue weighted by Gasteiger charge is -2.35. The van der Waals surface area contributed by atoms with Crippen molar-refractivity contribution in [3.8, 4) is 0 Å². The number of carbonyl (C=O) groups is 2. The second kappa shape index (κ2) is 4.67. The molecule has 2 atom stereocenters. The Kier molecular flexibility index (Phi) is 3.49. The van der Waals surface area contributed by atoms with E-state index in [2.05, 4.69) is 0 Å². The molecule has 0 aromatic rings. The molecule has 2 unspecified atom stereocenters. The summed E-state index contributed by atoms with van der Waals surface area (Å²) in [6.07, 6.45) is 2.34. The van der Waals surface area contributed by atoms with Gasteiger partial charge in [0.25, 0.3) is 0 Å². The average molecular weight is 334 g/mol. The highest BCUT2D eigenvalue weighted by Crippen LogP contribution is 2.43. The maximum atomic E-state index is 11.9. The van der Waals surface area contributed by atoms with E-state index in [0.717, 1.165) is 10.8 Å². The van der Waals surface area contributed by atoms with Crippen LogP contribution in [0.1, 0.15) is 0 Å². The average Bonchev–Trinajstić information content (AvgIpc) is 2.82. The van der Waals surface area contributed by atoms with E-state index in [0.29, 0.717) is 0 Å². The highest BCUT2D eigenvalue weighted by atomic mass is 32.2. The molecule has 4 N–H and O–H groups in total. The van der Waals surface area contributed by atoms with Crippen molar-refractivity contribution in [2.24, 2.45) is 28.7 Å². The van der Waals surface area contributed by atoms with E-state index in [4.69, 9.17) is 11.5 Å². The highest BCUT2D eigenvalue weighted by molar-refractivity contribution is 7.94. The van der Waals surface area contributed by atoms with Crippen LogP contribution in [-0.4, -0.2) is 40.2 Å². The number of sulfone groups is 2. The van der Waals surface area contributed by atoms with Crippen LogP contribution in [0.2, 0.25) is 0 Å². The Hall–Kier alpha value is -1.68. The molecule has 21 heavy (non-hydrogen) atoms. The van der Waals surface area contributed by atoms with Crippen molar-refractivity contribution in [3.63, 3.8) is 0 Å². The molecule has 0 aliphatic carbocycles. The summed E-state index contributed by atoms with van der Waals surface area (Å²) >= 11 is 0. The zero-order valence-electron chi connectivity index (χ0n) is 10.8. The fourth-order valence-corrected chi connectivity index (χ4v) is 5.68. The Labute approximate surface area is 121 Å². The van der Waals surface area contributed by atoms with Crippen LogP contribution in [0.5, 0.6) is 0 Å². The lowest BCUT2D eigenvalue weighted by Crippen LogP contribution is -2.57. The molecule has 0 radical (unpaired) electrons. The van der Waals surface area contributed by atoms with Crippen LogP contribution in [0.25, 0.3) is 0 Å². The van der Waals surface area contributed by atoms with Gasteiger partial charge >= 0.3 is 0 Å². The number of allylic oxidation sites excluding steroid dienone is 2. The van der Waals surface area contributed by atoms with Crippen molar-refractivity contribution in [1.29, 1.82) is 0 Å². The Morgan fingerprint density at radius 1 is 0.857 bits per heavy atom. The number of rotatable bonds is 4. The van der Waals surface area contributed by atoms with Crippen LogP contribution in [0.3, 0.4) is 0 Å². The topological polar surface area (TPSA) is 154 Å². The van der Waals surface area contributed by atoms with Crippen LogP contribution in [-0.2, 0) is 29.3 Å². The molecule has 0 aromatic heterocycles. The van der Waals surface area contributed by atoms with Gasteiger partial charge in [0.1, 0.15) is 5.41 Å². The van der Waals surface area contributed by atoms with Gasteiger partial charge in [0, 0.05) is 22.7 Å². The molecule has 8 nitrogen and oxygen atoms in total. The van der Waals surface area contributed by atoms with Crippen LogP contribution in [0.15, 0.2) is 23.0 Å². The first-order valence-electron chi connectivity index (χ1n) is 5.93. The Morgan fingerprint density at radius 2 is 1.19 bits per heavy atom. The van der Waals surface area contributed by atoms with Gasteiger partial charge in [0.15, 0.2) is 19.7 Å². The molecule has 116 valence electrons. The summed E-state index contributed by atoms with van der Waals surface area (Å²) in [5, 5.41) is 1.76. The van der Waals surface area contributed by atoms with E-state index in [1.807, 2.05) is 0 Å². The molecule has 0 bridgehead atoms. The second-order valence-electron chi connectivity index (χ2n) is 5.13. The molecule has 0 aromatic carbocycles. The number of nitrogens with two attached hydrogens (primary N) is 2. The normalized spacial score (nSPS) is 29.5. The molecule has 10 heteroatoms. The Morgan fingerprint density at radius 3 is 1.38 bits per heavy atom. The number of amides is 2. The van der Waals surface area contributed by atoms with E-state index in [9.17, 15) is 26.4 Å². The predicted octanol–water partition coefficient (Wildman–Crippen LogP) is -1.94. The summed E-state index contributed by atoms with van der Waals surface area (Å²) in [7, 11) is -7.15. The SMILES string of the molecule is NC(=O)C(C(N)=O)(C1C=CS(=O)(=O)C1)C1C=CS(=O)(=O)C1. The van der Waals surface area contributed by atoms with Crippen molar-refractivity contribution in [3.05, 3.63) is 23.0 Å². The maximum Gasteiger partial charge on any atom is 0.234 e. The van der Waals surface area contributed by atoms with Gasteiger partial charge in [-0.25, -0.2) is 16.8 Å². The van der Waals surface area contributed by atoms with Gasteiger partial charge in [-0.15, -0.1) is 0 Å². The number of hydrogen-bond donors (Lipinski definition) is 2. The van der Waals surface area contributed by atoms with Gasteiger partial charge in [-0.2, -0.15) is 0 Å². The molecule has 2 amide bonds. The number of primary amides is 2. The monoisotopic (exact) mass is 334 g/mol. The maximum absolute atomic E-state index is 11.9. The van der Waals surface area contributed by atoms with Crippen molar-refractivity contribution < 1.29 is 26.4 Å². The van der Waals surface area contributed by atoms with E-state index in [-0.39, 0.29) is 0 Å². The lowest BCUT2D eigenvalue weighted by atomic mass is 9.66. The van der Waals surface area contributed by atoms with Gasteiger partial charge in [0.2, 0.25) is 11.8 Å². The first kappa shape index (κ1) is 15.7. The van der Waals surface area contributed by atoms with Gasteiger partial charge in [0.05, 0.1) is 11.5 Å². The molecule has 2 aliphatic heterocycles. The summed E-state index contributed by atoms with van der Waals surface area (Å²) in [4.78, 5) is 23.8. The summed E-state index contributed by atoms with van der Waals surface area (Å²) in [5.74, 6) is -5.45. The Balaban J connectivity index is 2.56. The van der Waals surface area contributed by atoms with Crippen molar-refractivity contribution in [2.75, 3.05) is 11.5 Å². The van der Waals surface area contributed by atoms with E-state index in [1.54, 1.807) is 0 Å². The first-order chi connectivity index (χ1) is 9.51. The fraction of sp³-hybridized carbons (Fsp3) is 0.455. The van der Waals surface area contributed by atoms with Crippen LogP contribution in [0.4, 0.5) is 0 Å². The van der Waals surface area contributed by atoms with Gasteiger partial charge < -0.3 is 11.5 Å². The van der Waals surface area contributed by atoms with Crippen molar-refractivity contribution in [1.82, 2.24) is 0 Å². The van der Waals surface area contributed by atoms with Gasteiger partial charge in [-0.05, 0) is 0 Å². The minimum absolute atomic E-state index is 0.511. The van der Waals surface area contributed by atoms with Gasteiger partial charge in [-0.3, -0.25) is 9.59 Å². The summed E-state index contributed by atoms with van der Waals surface area (Å²) in [6.45, 7) is 0. The van der Waals surface area contributed by atoms with Crippen molar-refractivity contribution >= 4 is 31.5 Å². The molecule has 0 saturated carbocycles. The third kappa shape index (κ3) is 2.48. The number of hydrogen-bond acceptors (Lipinski definition) is 6. The quantitative estimate of drug-likeness (QED) is 0.570. The smallest absolute Gasteiger partial charge is 0.234 e. The minimum atomic E-state index is -3.57. The largest absolute Gasteiger partial charge is 0.369 e. The molecule has 2 rings (SSSR count). The van der Waals surface area contributed by atoms with E-state index >= 15 is 0 Å². The van der Waals surface area contributed by atoms with Crippen molar-refractivity contribution in [2.45, 2.75) is 0 Å². The van der Waals surface area contributed by atoms with E-state index < -0.39 is 60.2 Å². The molecular formula is C11H14N2O6S2. The summed E-state index contributed by atoms with van der Waals surface area (Å²) < 4.78 is 46.2. The molecule has 2 aliphatic rings. The second-order valence-corrected chi connectivity index (χ2v) is 8.99. The molecule has 0 spiro atoms. The third-order valence-corrected chi connectivity index (χ3v) is 6.64. The van der Waals surface area contributed by atoms with Crippen LogP contribution >= 0.6 is 0 Å². The summed E-state index contributed by atoms with van der Waals surface area (Å²) in [5.41, 5.74) is 8.54. The predicted molar refractivity (Wildman–Crippen MR) is 73.7 cm³/mol. The standard InChI is InChI=1S/C11H14N2O6S2/c12-9(14)11(10(13)15,7-1-3-20(16,17)5-7)8-2-4-21(18,19)6-8/h1-4,7-8H,5-6H2,(H2,12,14)(H2,13,15). The molecule has 2 heterocycles. The molecule has 0 fully saturated rings. The first-order valence-corrected chi connectivity index (χ1v) is 9.36. The zero-order valence-corrected chi connectivity index (χ0v) is 12.4. The molecule has 0 saturated heterocycles. The van der Waals surface area contributed by atoms with Crippen LogP contribution < -0.4 is 11.5 Å².